The second-order valence-electron chi connectivity index (χ2n) is 3.11. The zero-order valence-electron chi connectivity index (χ0n) is 8.48. The van der Waals surface area contributed by atoms with E-state index in [4.69, 9.17) is 13.9 Å². The largest absolute Gasteiger partial charge is 0.475 e. The lowest BCUT2D eigenvalue weighted by atomic mass is 10.3. The van der Waals surface area contributed by atoms with Crippen LogP contribution in [0.4, 0.5) is 8.78 Å². The highest BCUT2D eigenvalue weighted by Crippen LogP contribution is 2.29. The van der Waals surface area contributed by atoms with Gasteiger partial charge in [0.2, 0.25) is 11.5 Å². The van der Waals surface area contributed by atoms with Crippen molar-refractivity contribution in [2.45, 2.75) is 13.3 Å². The van der Waals surface area contributed by atoms with E-state index in [1.165, 1.54) is 0 Å². The van der Waals surface area contributed by atoms with E-state index in [0.29, 0.717) is 5.69 Å². The Labute approximate surface area is 92.9 Å². The maximum atomic E-state index is 12.5. The molecule has 90 valence electrons. The zero-order valence-corrected chi connectivity index (χ0v) is 8.48. The van der Waals surface area contributed by atoms with Crippen LogP contribution >= 0.6 is 0 Å². The molecule has 0 aliphatic carbocycles. The SMILES string of the molecule is Cc1ncoc1-c1nc(C(F)F)c(C(=O)O)o1. The first kappa shape index (κ1) is 11.2. The molecule has 2 aromatic heterocycles. The predicted molar refractivity (Wildman–Crippen MR) is 48.7 cm³/mol. The maximum absolute atomic E-state index is 12.5. The molecule has 0 atom stereocenters. The first-order valence-electron chi connectivity index (χ1n) is 4.43. The summed E-state index contributed by atoms with van der Waals surface area (Å²) in [6.07, 6.45) is -1.96. The van der Waals surface area contributed by atoms with E-state index in [0.717, 1.165) is 6.39 Å². The number of alkyl halides is 2. The Bertz CT molecular complexity index is 561. The van der Waals surface area contributed by atoms with Crippen LogP contribution in [0, 0.1) is 6.92 Å². The number of oxazole rings is 2. The van der Waals surface area contributed by atoms with E-state index < -0.39 is 23.8 Å². The van der Waals surface area contributed by atoms with Crippen molar-refractivity contribution in [1.82, 2.24) is 9.97 Å². The quantitative estimate of drug-likeness (QED) is 0.890. The minimum atomic E-state index is -3.04. The molecule has 0 saturated carbocycles. The van der Waals surface area contributed by atoms with Crippen LogP contribution in [0.25, 0.3) is 11.7 Å². The number of carboxylic acids is 1. The van der Waals surface area contributed by atoms with Crippen LogP contribution in [0.2, 0.25) is 0 Å². The van der Waals surface area contributed by atoms with Crippen molar-refractivity contribution in [3.05, 3.63) is 23.5 Å². The van der Waals surface area contributed by atoms with E-state index in [1.54, 1.807) is 6.92 Å². The fraction of sp³-hybridized carbons (Fsp3) is 0.222. The molecule has 8 heteroatoms. The monoisotopic (exact) mass is 244 g/mol. The van der Waals surface area contributed by atoms with Gasteiger partial charge in [0.1, 0.15) is 0 Å². The van der Waals surface area contributed by atoms with Crippen molar-refractivity contribution in [3.8, 4) is 11.7 Å². The first-order valence-corrected chi connectivity index (χ1v) is 4.43. The number of hydrogen-bond donors (Lipinski definition) is 1. The summed E-state index contributed by atoms with van der Waals surface area (Å²) in [4.78, 5) is 17.8. The molecule has 0 unspecified atom stereocenters. The number of nitrogens with zero attached hydrogens (tertiary/aromatic N) is 2. The second-order valence-corrected chi connectivity index (χ2v) is 3.11. The van der Waals surface area contributed by atoms with Crippen LogP contribution in [-0.4, -0.2) is 21.0 Å². The van der Waals surface area contributed by atoms with Gasteiger partial charge < -0.3 is 13.9 Å². The lowest BCUT2D eigenvalue weighted by Crippen LogP contribution is -1.99. The molecule has 0 aliphatic heterocycles. The Kier molecular flexibility index (Phi) is 2.62. The summed E-state index contributed by atoms with van der Waals surface area (Å²) in [7, 11) is 0. The molecule has 17 heavy (non-hydrogen) atoms. The zero-order chi connectivity index (χ0) is 12.6. The number of aryl methyl sites for hydroxylation is 1. The average Bonchev–Trinajstić information content (AvgIpc) is 2.82. The summed E-state index contributed by atoms with van der Waals surface area (Å²) in [6, 6.07) is 0. The topological polar surface area (TPSA) is 89.4 Å². The summed E-state index contributed by atoms with van der Waals surface area (Å²) in [5.41, 5.74) is -0.563. The summed E-state index contributed by atoms with van der Waals surface area (Å²) >= 11 is 0. The molecule has 0 fully saturated rings. The van der Waals surface area contributed by atoms with Crippen LogP contribution in [0.5, 0.6) is 0 Å². The average molecular weight is 244 g/mol. The van der Waals surface area contributed by atoms with Crippen LogP contribution < -0.4 is 0 Å². The van der Waals surface area contributed by atoms with Gasteiger partial charge in [-0.1, -0.05) is 0 Å². The fourth-order valence-corrected chi connectivity index (χ4v) is 1.24. The lowest BCUT2D eigenvalue weighted by Gasteiger charge is -1.91. The molecule has 2 heterocycles. The molecule has 1 N–H and O–H groups in total. The van der Waals surface area contributed by atoms with Crippen molar-refractivity contribution in [3.63, 3.8) is 0 Å². The van der Waals surface area contributed by atoms with Gasteiger partial charge >= 0.3 is 5.97 Å². The van der Waals surface area contributed by atoms with Gasteiger partial charge in [-0.15, -0.1) is 0 Å². The van der Waals surface area contributed by atoms with Crippen LogP contribution in [0.3, 0.4) is 0 Å². The van der Waals surface area contributed by atoms with Crippen LogP contribution in [0.1, 0.15) is 28.4 Å². The van der Waals surface area contributed by atoms with Crippen molar-refractivity contribution < 1.29 is 27.5 Å². The maximum Gasteiger partial charge on any atom is 0.374 e. The normalized spacial score (nSPS) is 11.1. The Morgan fingerprint density at radius 2 is 2.24 bits per heavy atom. The lowest BCUT2D eigenvalue weighted by molar-refractivity contribution is 0.0646. The number of carboxylic acid groups (broad SMARTS) is 1. The summed E-state index contributed by atoms with van der Waals surface area (Å²) in [5, 5.41) is 8.68. The smallest absolute Gasteiger partial charge is 0.374 e. The molecule has 0 aromatic carbocycles. The van der Waals surface area contributed by atoms with Crippen molar-refractivity contribution >= 4 is 5.97 Å². The Balaban J connectivity index is 2.55. The van der Waals surface area contributed by atoms with Gasteiger partial charge in [0.15, 0.2) is 12.1 Å². The van der Waals surface area contributed by atoms with Crippen LogP contribution in [0.15, 0.2) is 15.2 Å². The Morgan fingerprint density at radius 3 is 2.65 bits per heavy atom. The molecule has 0 aliphatic rings. The van der Waals surface area contributed by atoms with Crippen LogP contribution in [-0.2, 0) is 0 Å². The number of carbonyl (C=O) groups is 1. The van der Waals surface area contributed by atoms with Gasteiger partial charge in [-0.25, -0.2) is 23.5 Å². The third kappa shape index (κ3) is 1.88. The molecule has 6 nitrogen and oxygen atoms in total. The van der Waals surface area contributed by atoms with Gasteiger partial charge in [0.25, 0.3) is 12.3 Å². The molecule has 2 rings (SSSR count). The Morgan fingerprint density at radius 1 is 1.53 bits per heavy atom. The number of aromatic carboxylic acids is 1. The predicted octanol–water partition coefficient (Wildman–Crippen LogP) is 2.27. The third-order valence-corrected chi connectivity index (χ3v) is 1.99. The van der Waals surface area contributed by atoms with E-state index in [-0.39, 0.29) is 11.7 Å². The molecular weight excluding hydrogens is 238 g/mol. The van der Waals surface area contributed by atoms with Crippen molar-refractivity contribution in [1.29, 1.82) is 0 Å². The van der Waals surface area contributed by atoms with Gasteiger partial charge in [-0.2, -0.15) is 0 Å². The molecule has 0 bridgehead atoms. The van der Waals surface area contributed by atoms with Gasteiger partial charge in [-0.05, 0) is 6.92 Å². The van der Waals surface area contributed by atoms with E-state index in [1.807, 2.05) is 0 Å². The number of rotatable bonds is 3. The summed E-state index contributed by atoms with van der Waals surface area (Å²) in [5.74, 6) is -2.81. The minimum absolute atomic E-state index is 0.0272. The van der Waals surface area contributed by atoms with E-state index in [2.05, 4.69) is 9.97 Å². The molecule has 0 radical (unpaired) electrons. The second kappa shape index (κ2) is 3.96. The minimum Gasteiger partial charge on any atom is -0.475 e. The van der Waals surface area contributed by atoms with E-state index >= 15 is 0 Å². The fourth-order valence-electron chi connectivity index (χ4n) is 1.24. The number of halogens is 2. The molecule has 0 saturated heterocycles. The third-order valence-electron chi connectivity index (χ3n) is 1.99. The molecule has 0 amide bonds. The highest BCUT2D eigenvalue weighted by atomic mass is 19.3. The molecular formula is C9H6F2N2O4. The van der Waals surface area contributed by atoms with Gasteiger partial charge in [0, 0.05) is 0 Å². The molecule has 2 aromatic rings. The van der Waals surface area contributed by atoms with E-state index in [9.17, 15) is 13.6 Å². The Hall–Kier alpha value is -2.25. The standard InChI is InChI=1S/C9H6F2N2O4/c1-3-5(16-2-12-3)8-13-4(7(10)11)6(17-8)9(14)15/h2,7H,1H3,(H,14,15). The van der Waals surface area contributed by atoms with Crippen molar-refractivity contribution in [2.75, 3.05) is 0 Å². The van der Waals surface area contributed by atoms with Gasteiger partial charge in [-0.3, -0.25) is 0 Å². The molecule has 0 spiro atoms. The van der Waals surface area contributed by atoms with Gasteiger partial charge in [0.05, 0.1) is 5.69 Å². The first-order chi connectivity index (χ1) is 8.00. The highest BCUT2D eigenvalue weighted by Gasteiger charge is 2.28. The number of hydrogen-bond acceptors (Lipinski definition) is 5. The summed E-state index contributed by atoms with van der Waals surface area (Å²) in [6.45, 7) is 1.55. The van der Waals surface area contributed by atoms with Crippen molar-refractivity contribution in [2.24, 2.45) is 0 Å². The number of aromatic nitrogens is 2. The summed E-state index contributed by atoms with van der Waals surface area (Å²) < 4.78 is 34.6. The highest BCUT2D eigenvalue weighted by molar-refractivity contribution is 5.86.